The summed E-state index contributed by atoms with van der Waals surface area (Å²) in [6, 6.07) is 0. The van der Waals surface area contributed by atoms with Gasteiger partial charge in [0.25, 0.3) is 0 Å². The van der Waals surface area contributed by atoms with Crippen molar-refractivity contribution in [2.45, 2.75) is 77.8 Å². The zero-order valence-corrected chi connectivity index (χ0v) is 11.2. The molecule has 92 valence electrons. The van der Waals surface area contributed by atoms with Crippen LogP contribution in [0.25, 0.3) is 0 Å². The maximum atomic E-state index is 6.46. The average Bonchev–Trinajstić information content (AvgIpc) is 2.49. The second-order valence-electron chi connectivity index (χ2n) is 7.10. The molecule has 1 saturated carbocycles. The monoisotopic (exact) mass is 224 g/mol. The van der Waals surface area contributed by atoms with Crippen molar-refractivity contribution in [3.8, 4) is 0 Å². The summed E-state index contributed by atoms with van der Waals surface area (Å²) in [6.07, 6.45) is 4.58. The van der Waals surface area contributed by atoms with Crippen LogP contribution in [-0.2, 0) is 9.47 Å². The van der Waals surface area contributed by atoms with E-state index in [-0.39, 0.29) is 28.6 Å². The van der Waals surface area contributed by atoms with Crippen molar-refractivity contribution in [1.29, 1.82) is 0 Å². The van der Waals surface area contributed by atoms with Gasteiger partial charge in [-0.25, -0.2) is 0 Å². The van der Waals surface area contributed by atoms with Crippen LogP contribution in [-0.4, -0.2) is 23.9 Å². The number of ether oxygens (including phenoxy) is 2. The zero-order chi connectivity index (χ0) is 11.8. The summed E-state index contributed by atoms with van der Waals surface area (Å²) in [6.45, 7) is 11.6. The highest BCUT2D eigenvalue weighted by atomic mass is 16.6. The van der Waals surface area contributed by atoms with Gasteiger partial charge in [-0.3, -0.25) is 0 Å². The normalized spacial score (nSPS) is 52.7. The molecule has 0 aromatic carbocycles. The Morgan fingerprint density at radius 1 is 1.12 bits per heavy atom. The Morgan fingerprint density at radius 2 is 1.81 bits per heavy atom. The molecule has 2 heteroatoms. The Balaban J connectivity index is 2.13. The Bertz CT molecular complexity index is 321. The van der Waals surface area contributed by atoms with E-state index in [0.717, 1.165) is 0 Å². The van der Waals surface area contributed by atoms with Crippen molar-refractivity contribution < 1.29 is 9.47 Å². The molecule has 0 amide bonds. The molecule has 2 nitrogen and oxygen atoms in total. The van der Waals surface area contributed by atoms with Crippen LogP contribution in [0.3, 0.4) is 0 Å². The van der Waals surface area contributed by atoms with Crippen molar-refractivity contribution in [2.24, 2.45) is 10.8 Å². The fourth-order valence-electron chi connectivity index (χ4n) is 5.00. The summed E-state index contributed by atoms with van der Waals surface area (Å²) in [7, 11) is 0. The smallest absolute Gasteiger partial charge is 0.107 e. The molecule has 16 heavy (non-hydrogen) atoms. The van der Waals surface area contributed by atoms with Gasteiger partial charge in [0.2, 0.25) is 0 Å². The lowest BCUT2D eigenvalue weighted by Crippen LogP contribution is -2.61. The third kappa shape index (κ3) is 0.932. The minimum atomic E-state index is -0.0532. The number of hydrogen-bond donors (Lipinski definition) is 0. The van der Waals surface area contributed by atoms with E-state index >= 15 is 0 Å². The summed E-state index contributed by atoms with van der Waals surface area (Å²) < 4.78 is 12.8. The van der Waals surface area contributed by atoms with Crippen molar-refractivity contribution in [3.05, 3.63) is 0 Å². The van der Waals surface area contributed by atoms with Gasteiger partial charge in [0.1, 0.15) is 5.60 Å². The lowest BCUT2D eigenvalue weighted by Gasteiger charge is -2.54. The maximum absolute atomic E-state index is 6.46. The summed E-state index contributed by atoms with van der Waals surface area (Å²) in [5.41, 5.74) is 0.336. The minimum Gasteiger partial charge on any atom is -0.369 e. The van der Waals surface area contributed by atoms with Gasteiger partial charge >= 0.3 is 0 Å². The molecule has 4 atom stereocenters. The first-order valence-electron chi connectivity index (χ1n) is 6.66. The molecule has 3 fully saturated rings. The maximum Gasteiger partial charge on any atom is 0.107 e. The van der Waals surface area contributed by atoms with Crippen LogP contribution in [0.1, 0.15) is 53.9 Å². The van der Waals surface area contributed by atoms with E-state index in [4.69, 9.17) is 9.47 Å². The SMILES string of the molecule is C[C@@H]1O[C@@]23C(CCCC2(C)C)O[C@H]1C3(C)C. The van der Waals surface area contributed by atoms with Crippen LogP contribution in [0.5, 0.6) is 0 Å². The van der Waals surface area contributed by atoms with Crippen LogP contribution >= 0.6 is 0 Å². The van der Waals surface area contributed by atoms with Crippen LogP contribution in [0.2, 0.25) is 0 Å². The summed E-state index contributed by atoms with van der Waals surface area (Å²) >= 11 is 0. The molecule has 0 aromatic heterocycles. The molecule has 3 aliphatic rings. The standard InChI is InChI=1S/C14H24O2/c1-9-11-13(4,5)14(16-9)10(15-11)7-6-8-12(14,2)3/h9-11H,6-8H2,1-5H3/t9-,10?,11+,14-/m0/s1. The molecule has 1 spiro atoms. The summed E-state index contributed by atoms with van der Waals surface area (Å²) in [5.74, 6) is 0. The number of hydrogen-bond acceptors (Lipinski definition) is 2. The van der Waals surface area contributed by atoms with Gasteiger partial charge in [0.15, 0.2) is 0 Å². The number of fused-ring (bicyclic) bond motifs is 1. The quantitative estimate of drug-likeness (QED) is 0.629. The molecule has 2 bridgehead atoms. The Morgan fingerprint density at radius 3 is 2.44 bits per heavy atom. The van der Waals surface area contributed by atoms with E-state index in [1.54, 1.807) is 0 Å². The van der Waals surface area contributed by atoms with Crippen molar-refractivity contribution in [1.82, 2.24) is 0 Å². The lowest BCUT2D eigenvalue weighted by atomic mass is 9.55. The van der Waals surface area contributed by atoms with Crippen LogP contribution in [0.15, 0.2) is 0 Å². The predicted molar refractivity (Wildman–Crippen MR) is 63.4 cm³/mol. The third-order valence-corrected chi connectivity index (χ3v) is 5.50. The molecule has 1 aliphatic carbocycles. The molecule has 2 heterocycles. The molecule has 0 N–H and O–H groups in total. The van der Waals surface area contributed by atoms with E-state index in [1.807, 2.05) is 0 Å². The predicted octanol–water partition coefficient (Wildman–Crippen LogP) is 3.15. The first kappa shape index (κ1) is 11.0. The largest absolute Gasteiger partial charge is 0.369 e. The van der Waals surface area contributed by atoms with Gasteiger partial charge in [0, 0.05) is 5.41 Å². The van der Waals surface area contributed by atoms with Gasteiger partial charge in [-0.05, 0) is 25.2 Å². The van der Waals surface area contributed by atoms with Crippen molar-refractivity contribution in [3.63, 3.8) is 0 Å². The van der Waals surface area contributed by atoms with Gasteiger partial charge in [-0.1, -0.05) is 34.1 Å². The highest BCUT2D eigenvalue weighted by molar-refractivity contribution is 5.22. The zero-order valence-electron chi connectivity index (χ0n) is 11.2. The lowest BCUT2D eigenvalue weighted by molar-refractivity contribution is -0.241. The van der Waals surface area contributed by atoms with Crippen LogP contribution < -0.4 is 0 Å². The van der Waals surface area contributed by atoms with Crippen LogP contribution in [0, 0.1) is 10.8 Å². The third-order valence-electron chi connectivity index (χ3n) is 5.50. The van der Waals surface area contributed by atoms with Gasteiger partial charge in [-0.15, -0.1) is 0 Å². The molecule has 1 unspecified atom stereocenters. The Labute approximate surface area is 98.7 Å². The molecule has 2 aliphatic heterocycles. The highest BCUT2D eigenvalue weighted by Crippen LogP contribution is 2.66. The molecule has 0 radical (unpaired) electrons. The minimum absolute atomic E-state index is 0.0532. The van der Waals surface area contributed by atoms with E-state index in [2.05, 4.69) is 34.6 Å². The van der Waals surface area contributed by atoms with Crippen molar-refractivity contribution >= 4 is 0 Å². The van der Waals surface area contributed by atoms with E-state index in [9.17, 15) is 0 Å². The summed E-state index contributed by atoms with van der Waals surface area (Å²) in [4.78, 5) is 0. The Hall–Kier alpha value is -0.0800. The molecule has 3 rings (SSSR count). The highest BCUT2D eigenvalue weighted by Gasteiger charge is 2.75. The fraction of sp³-hybridized carbons (Fsp3) is 1.00. The summed E-state index contributed by atoms with van der Waals surface area (Å²) in [5, 5.41) is 0. The fourth-order valence-corrected chi connectivity index (χ4v) is 5.00. The second-order valence-corrected chi connectivity index (χ2v) is 7.10. The first-order chi connectivity index (χ1) is 7.33. The van der Waals surface area contributed by atoms with Gasteiger partial charge < -0.3 is 9.47 Å². The average molecular weight is 224 g/mol. The molecular formula is C14H24O2. The van der Waals surface area contributed by atoms with E-state index < -0.39 is 0 Å². The van der Waals surface area contributed by atoms with E-state index in [1.165, 1.54) is 19.3 Å². The first-order valence-corrected chi connectivity index (χ1v) is 6.66. The molecule has 2 saturated heterocycles. The van der Waals surface area contributed by atoms with E-state index in [0.29, 0.717) is 6.10 Å². The van der Waals surface area contributed by atoms with Gasteiger partial charge in [0.05, 0.1) is 18.3 Å². The van der Waals surface area contributed by atoms with Crippen molar-refractivity contribution in [2.75, 3.05) is 0 Å². The second kappa shape index (κ2) is 2.84. The molecular weight excluding hydrogens is 200 g/mol. The molecule has 0 aromatic rings. The Kier molecular flexibility index (Phi) is 1.96. The topological polar surface area (TPSA) is 18.5 Å². The van der Waals surface area contributed by atoms with Crippen LogP contribution in [0.4, 0.5) is 0 Å². The van der Waals surface area contributed by atoms with Gasteiger partial charge in [-0.2, -0.15) is 0 Å². The number of rotatable bonds is 0.